The van der Waals surface area contributed by atoms with Crippen LogP contribution in [0.1, 0.15) is 12.1 Å². The number of hydrogen-bond acceptors (Lipinski definition) is 8. The number of hydrogen-bond donors (Lipinski definition) is 3. The number of aromatic nitrogens is 3. The first-order valence-electron chi connectivity index (χ1n) is 10.7. The van der Waals surface area contributed by atoms with Crippen molar-refractivity contribution in [1.82, 2.24) is 19.7 Å². The molecule has 190 valence electrons. The van der Waals surface area contributed by atoms with Crippen LogP contribution < -0.4 is 20.9 Å². The van der Waals surface area contributed by atoms with E-state index < -0.39 is 23.2 Å². The van der Waals surface area contributed by atoms with E-state index in [4.69, 9.17) is 14.9 Å². The van der Waals surface area contributed by atoms with Crippen LogP contribution in [0.3, 0.4) is 0 Å². The Morgan fingerprint density at radius 3 is 2.31 bits per heavy atom. The summed E-state index contributed by atoms with van der Waals surface area (Å²) in [4.78, 5) is 49.0. The number of nitrogens with one attached hydrogen (secondary N) is 1. The number of halogens is 1. The van der Waals surface area contributed by atoms with E-state index in [1.165, 1.54) is 16.8 Å². The lowest BCUT2D eigenvalue weighted by molar-refractivity contribution is -0.134. The number of ether oxygens (including phenoxy) is 1. The van der Waals surface area contributed by atoms with Crippen molar-refractivity contribution in [2.45, 2.75) is 19.9 Å². The number of aryl methyl sites for hydroxylation is 2. The highest BCUT2D eigenvalue weighted by Gasteiger charge is 2.20. The Bertz CT molecular complexity index is 1150. The lowest BCUT2D eigenvalue weighted by Gasteiger charge is -2.36. The molecule has 0 bridgehead atoms. The zero-order chi connectivity index (χ0) is 26.0. The fourth-order valence-electron chi connectivity index (χ4n) is 3.39. The van der Waals surface area contributed by atoms with Crippen molar-refractivity contribution in [3.05, 3.63) is 62.7 Å². The molecular formula is C22H28FN5O7. The Morgan fingerprint density at radius 1 is 1.11 bits per heavy atom. The topological polar surface area (TPSA) is 158 Å². The molecule has 1 fully saturated rings. The van der Waals surface area contributed by atoms with Gasteiger partial charge in [0, 0.05) is 57.5 Å². The Hall–Kier alpha value is -4.00. The van der Waals surface area contributed by atoms with Crippen molar-refractivity contribution < 1.29 is 28.9 Å². The molecule has 3 N–H and O–H groups in total. The molecule has 35 heavy (non-hydrogen) atoms. The standard InChI is InChI=1S/C18H24FN5O3.C4H4O4/c1-13-17(25)20-18(26)24(21-13)7-3-6-22-8-10-23(11-9-22)15-5-4-14(19)12-16(15)27-2;5-3(6)1-2-4(7)8/h4-5,12H,3,6-11H2,1-2H3,(H,20,25,26);1-2H,(H,5,6)(H,7,8). The molecule has 0 saturated carbocycles. The molecule has 1 aromatic carbocycles. The molecule has 1 aromatic heterocycles. The second kappa shape index (κ2) is 13.0. The number of anilines is 1. The van der Waals surface area contributed by atoms with Gasteiger partial charge in [-0.15, -0.1) is 0 Å². The predicted molar refractivity (Wildman–Crippen MR) is 124 cm³/mol. The molecule has 1 saturated heterocycles. The van der Waals surface area contributed by atoms with Crippen molar-refractivity contribution in [3.8, 4) is 5.75 Å². The Kier molecular flexibility index (Phi) is 10.1. The van der Waals surface area contributed by atoms with Crippen LogP contribution in [0.25, 0.3) is 0 Å². The number of aliphatic carboxylic acids is 2. The monoisotopic (exact) mass is 493 g/mol. The molecule has 0 radical (unpaired) electrons. The first-order valence-corrected chi connectivity index (χ1v) is 10.7. The number of H-pyrrole nitrogens is 1. The van der Waals surface area contributed by atoms with E-state index in [2.05, 4.69) is 19.9 Å². The summed E-state index contributed by atoms with van der Waals surface area (Å²) < 4.78 is 20.0. The molecule has 2 heterocycles. The fourth-order valence-corrected chi connectivity index (χ4v) is 3.39. The SMILES string of the molecule is COc1cc(F)ccc1N1CCN(CCCn2nc(C)c(=O)[nH]c2=O)CC1.O=C(O)C=CC(=O)O. The normalized spacial score (nSPS) is 13.9. The van der Waals surface area contributed by atoms with E-state index in [1.807, 2.05) is 0 Å². The summed E-state index contributed by atoms with van der Waals surface area (Å²) in [6, 6.07) is 4.60. The first-order chi connectivity index (χ1) is 16.6. The largest absolute Gasteiger partial charge is 0.494 e. The summed E-state index contributed by atoms with van der Waals surface area (Å²) in [5.74, 6) is -2.28. The lowest BCUT2D eigenvalue weighted by Crippen LogP contribution is -2.47. The number of aromatic amines is 1. The second-order valence-corrected chi connectivity index (χ2v) is 7.58. The van der Waals surface area contributed by atoms with Gasteiger partial charge < -0.3 is 19.8 Å². The van der Waals surface area contributed by atoms with Crippen LogP contribution in [-0.2, 0) is 16.1 Å². The Morgan fingerprint density at radius 2 is 1.74 bits per heavy atom. The number of carboxylic acid groups (broad SMARTS) is 2. The summed E-state index contributed by atoms with van der Waals surface area (Å²) in [6.07, 6.45) is 1.88. The average molecular weight is 493 g/mol. The van der Waals surface area contributed by atoms with E-state index >= 15 is 0 Å². The summed E-state index contributed by atoms with van der Waals surface area (Å²) in [7, 11) is 1.54. The van der Waals surface area contributed by atoms with Gasteiger partial charge in [0.15, 0.2) is 0 Å². The summed E-state index contributed by atoms with van der Waals surface area (Å²) in [5.41, 5.74) is 0.275. The maximum absolute atomic E-state index is 13.4. The number of carboxylic acids is 2. The highest BCUT2D eigenvalue weighted by Crippen LogP contribution is 2.29. The third-order valence-electron chi connectivity index (χ3n) is 5.12. The fraction of sp³-hybridized carbons (Fsp3) is 0.409. The van der Waals surface area contributed by atoms with Gasteiger partial charge in [0.05, 0.1) is 12.8 Å². The molecule has 12 nitrogen and oxygen atoms in total. The highest BCUT2D eigenvalue weighted by molar-refractivity contribution is 5.89. The van der Waals surface area contributed by atoms with Gasteiger partial charge in [-0.3, -0.25) is 14.7 Å². The van der Waals surface area contributed by atoms with Gasteiger partial charge in [-0.05, 0) is 25.5 Å². The van der Waals surface area contributed by atoms with Crippen molar-refractivity contribution in [2.24, 2.45) is 0 Å². The predicted octanol–water partition coefficient (Wildman–Crippen LogP) is 0.312. The van der Waals surface area contributed by atoms with Crippen LogP contribution in [0.5, 0.6) is 5.75 Å². The van der Waals surface area contributed by atoms with Crippen molar-refractivity contribution in [1.29, 1.82) is 0 Å². The third-order valence-corrected chi connectivity index (χ3v) is 5.12. The molecule has 2 aromatic rings. The Labute approximate surface area is 199 Å². The van der Waals surface area contributed by atoms with Crippen LogP contribution in [-0.4, -0.2) is 81.6 Å². The average Bonchev–Trinajstić information content (AvgIpc) is 2.82. The number of carbonyl (C=O) groups is 2. The molecular weight excluding hydrogens is 465 g/mol. The molecule has 0 unspecified atom stereocenters. The van der Waals surface area contributed by atoms with E-state index in [9.17, 15) is 23.6 Å². The molecule has 0 aliphatic carbocycles. The highest BCUT2D eigenvalue weighted by atomic mass is 19.1. The van der Waals surface area contributed by atoms with Crippen LogP contribution in [0.15, 0.2) is 39.9 Å². The van der Waals surface area contributed by atoms with Crippen LogP contribution in [0.2, 0.25) is 0 Å². The zero-order valence-electron chi connectivity index (χ0n) is 19.4. The number of methoxy groups -OCH3 is 1. The molecule has 0 spiro atoms. The van der Waals surface area contributed by atoms with Crippen molar-refractivity contribution >= 4 is 17.6 Å². The summed E-state index contributed by atoms with van der Waals surface area (Å²) in [5, 5.41) is 19.6. The minimum atomic E-state index is -1.26. The van der Waals surface area contributed by atoms with Crippen LogP contribution >= 0.6 is 0 Å². The summed E-state index contributed by atoms with van der Waals surface area (Å²) >= 11 is 0. The number of piperazine rings is 1. The zero-order valence-corrected chi connectivity index (χ0v) is 19.4. The second-order valence-electron chi connectivity index (χ2n) is 7.58. The van der Waals surface area contributed by atoms with E-state index in [0.29, 0.717) is 24.4 Å². The molecule has 1 aliphatic rings. The van der Waals surface area contributed by atoms with Gasteiger partial charge >= 0.3 is 17.6 Å². The maximum Gasteiger partial charge on any atom is 0.344 e. The smallest absolute Gasteiger partial charge is 0.344 e. The van der Waals surface area contributed by atoms with Gasteiger partial charge in [0.1, 0.15) is 17.3 Å². The van der Waals surface area contributed by atoms with Gasteiger partial charge in [-0.25, -0.2) is 23.5 Å². The summed E-state index contributed by atoms with van der Waals surface area (Å²) in [6.45, 7) is 6.25. The number of nitrogens with zero attached hydrogens (tertiary/aromatic N) is 4. The quantitative estimate of drug-likeness (QED) is 0.437. The molecule has 0 atom stereocenters. The third kappa shape index (κ3) is 8.70. The van der Waals surface area contributed by atoms with E-state index in [-0.39, 0.29) is 11.5 Å². The van der Waals surface area contributed by atoms with Gasteiger partial charge in [0.2, 0.25) is 0 Å². The lowest BCUT2D eigenvalue weighted by atomic mass is 10.2. The minimum Gasteiger partial charge on any atom is -0.494 e. The number of benzene rings is 1. The Balaban J connectivity index is 0.000000466. The van der Waals surface area contributed by atoms with Gasteiger partial charge in [0.25, 0.3) is 5.56 Å². The molecule has 13 heteroatoms. The van der Waals surface area contributed by atoms with Gasteiger partial charge in [-0.2, -0.15) is 5.10 Å². The molecule has 0 amide bonds. The minimum absolute atomic E-state index is 0.288. The molecule has 1 aliphatic heterocycles. The van der Waals surface area contributed by atoms with Crippen molar-refractivity contribution in [2.75, 3.05) is 44.7 Å². The number of rotatable bonds is 8. The first kappa shape index (κ1) is 27.2. The van der Waals surface area contributed by atoms with E-state index in [1.54, 1.807) is 20.1 Å². The maximum atomic E-state index is 13.4. The van der Waals surface area contributed by atoms with Crippen molar-refractivity contribution in [3.63, 3.8) is 0 Å². The van der Waals surface area contributed by atoms with Gasteiger partial charge in [-0.1, -0.05) is 0 Å². The van der Waals surface area contributed by atoms with Crippen LogP contribution in [0.4, 0.5) is 10.1 Å². The van der Waals surface area contributed by atoms with E-state index in [0.717, 1.165) is 44.8 Å². The molecule has 3 rings (SSSR count). The van der Waals surface area contributed by atoms with Crippen LogP contribution in [0, 0.1) is 12.7 Å².